The number of nitro groups is 1. The van der Waals surface area contributed by atoms with Crippen molar-refractivity contribution in [3.63, 3.8) is 0 Å². The lowest BCUT2D eigenvalue weighted by molar-refractivity contribution is -0.384. The van der Waals surface area contributed by atoms with Gasteiger partial charge in [0.15, 0.2) is 11.6 Å². The highest BCUT2D eigenvalue weighted by atomic mass is 32.1. The highest BCUT2D eigenvalue weighted by Gasteiger charge is 2.70. The summed E-state index contributed by atoms with van der Waals surface area (Å²) in [5.74, 6) is -2.32. The molecule has 1 saturated heterocycles. The van der Waals surface area contributed by atoms with Crippen LogP contribution in [0, 0.1) is 16.0 Å². The van der Waals surface area contributed by atoms with Crippen molar-refractivity contribution in [3.8, 4) is 0 Å². The number of rotatable bonds is 5. The molecule has 0 radical (unpaired) electrons. The maximum absolute atomic E-state index is 14.8. The van der Waals surface area contributed by atoms with E-state index in [-0.39, 0.29) is 22.9 Å². The van der Waals surface area contributed by atoms with Crippen LogP contribution < -0.4 is 10.2 Å². The van der Waals surface area contributed by atoms with Gasteiger partial charge in [-0.15, -0.1) is 11.3 Å². The second-order valence-corrected chi connectivity index (χ2v) is 11.5. The second-order valence-electron chi connectivity index (χ2n) is 10.5. The first-order valence-electron chi connectivity index (χ1n) is 13.2. The predicted octanol–water partition coefficient (Wildman–Crippen LogP) is 5.90. The molecule has 3 aromatic carbocycles. The monoisotopic (exact) mass is 561 g/mol. The number of para-hydroxylation sites is 2. The molecule has 1 amide bonds. The lowest BCUT2D eigenvalue weighted by Gasteiger charge is -2.39. The number of amides is 1. The summed E-state index contributed by atoms with van der Waals surface area (Å²) in [4.78, 5) is 57.1. The number of thiophene rings is 1. The highest BCUT2D eigenvalue weighted by Crippen LogP contribution is 2.59. The van der Waals surface area contributed by atoms with E-state index in [1.807, 2.05) is 60.4 Å². The number of fused-ring (bicyclic) bond motifs is 6. The van der Waals surface area contributed by atoms with Crippen LogP contribution in [-0.4, -0.2) is 34.5 Å². The number of nitrogens with zero attached hydrogens (tertiary/aromatic N) is 2. The zero-order chi connectivity index (χ0) is 28.5. The first kappa shape index (κ1) is 25.1. The number of Topliss-reactive ketones (excluding diaryl/α,β-unsaturated/α-hetero) is 2. The van der Waals surface area contributed by atoms with E-state index in [4.69, 9.17) is 0 Å². The fourth-order valence-corrected chi connectivity index (χ4v) is 7.60. The van der Waals surface area contributed by atoms with Gasteiger partial charge >= 0.3 is 0 Å². The van der Waals surface area contributed by atoms with Crippen molar-refractivity contribution in [1.82, 2.24) is 0 Å². The minimum absolute atomic E-state index is 0.0820. The van der Waals surface area contributed by atoms with Gasteiger partial charge in [0.1, 0.15) is 11.5 Å². The Hall–Kier alpha value is -4.89. The maximum Gasteiger partial charge on any atom is 0.270 e. The van der Waals surface area contributed by atoms with E-state index in [0.29, 0.717) is 16.1 Å². The van der Waals surface area contributed by atoms with E-state index < -0.39 is 34.1 Å². The summed E-state index contributed by atoms with van der Waals surface area (Å²) in [7, 11) is 0. The summed E-state index contributed by atoms with van der Waals surface area (Å²) in [5.41, 5.74) is 2.21. The number of benzene rings is 3. The Labute approximate surface area is 239 Å². The molecule has 3 aliphatic heterocycles. The van der Waals surface area contributed by atoms with Crippen LogP contribution in [0.5, 0.6) is 0 Å². The molecular weight excluding hydrogens is 538 g/mol. The summed E-state index contributed by atoms with van der Waals surface area (Å²) in [6, 6.07) is 22.3. The minimum Gasteiger partial charge on any atom is -0.352 e. The molecule has 0 unspecified atom stereocenters. The lowest BCUT2D eigenvalue weighted by Crippen LogP contribution is -2.51. The Morgan fingerprint density at radius 2 is 1.76 bits per heavy atom. The predicted molar refractivity (Wildman–Crippen MR) is 156 cm³/mol. The quantitative estimate of drug-likeness (QED) is 0.185. The third-order valence-corrected chi connectivity index (χ3v) is 9.42. The third kappa shape index (κ3) is 3.42. The summed E-state index contributed by atoms with van der Waals surface area (Å²) >= 11 is 1.28. The van der Waals surface area contributed by atoms with Crippen LogP contribution in [0.25, 0.3) is 5.57 Å². The van der Waals surface area contributed by atoms with Gasteiger partial charge < -0.3 is 10.2 Å². The lowest BCUT2D eigenvalue weighted by atomic mass is 9.64. The van der Waals surface area contributed by atoms with Gasteiger partial charge in [0, 0.05) is 34.6 Å². The van der Waals surface area contributed by atoms with Crippen molar-refractivity contribution in [2.45, 2.75) is 24.4 Å². The number of carbonyl (C=O) groups excluding carboxylic acids is 3. The van der Waals surface area contributed by atoms with E-state index in [2.05, 4.69) is 5.32 Å². The Kier molecular flexibility index (Phi) is 5.55. The average Bonchev–Trinajstić information content (AvgIpc) is 3.70. The number of non-ortho nitro benzene ring substituents is 1. The Morgan fingerprint density at radius 1 is 0.976 bits per heavy atom. The van der Waals surface area contributed by atoms with Crippen molar-refractivity contribution >= 4 is 51.4 Å². The van der Waals surface area contributed by atoms with Gasteiger partial charge in [-0.05, 0) is 41.6 Å². The van der Waals surface area contributed by atoms with Crippen LogP contribution in [0.15, 0.2) is 96.4 Å². The van der Waals surface area contributed by atoms with Gasteiger partial charge in [-0.1, -0.05) is 60.7 Å². The molecule has 8 nitrogen and oxygen atoms in total. The summed E-state index contributed by atoms with van der Waals surface area (Å²) < 4.78 is 0. The molecule has 4 aromatic rings. The van der Waals surface area contributed by atoms with Gasteiger partial charge in [0.2, 0.25) is 5.91 Å². The molecule has 1 spiro atoms. The molecule has 1 N–H and O–H groups in total. The molecule has 0 saturated carbocycles. The van der Waals surface area contributed by atoms with Crippen LogP contribution in [0.3, 0.4) is 0 Å². The molecule has 1 fully saturated rings. The first-order valence-corrected chi connectivity index (χ1v) is 14.1. The average molecular weight is 562 g/mol. The highest BCUT2D eigenvalue weighted by molar-refractivity contribution is 7.12. The van der Waals surface area contributed by atoms with Crippen LogP contribution in [0.2, 0.25) is 0 Å². The van der Waals surface area contributed by atoms with Gasteiger partial charge in [0.25, 0.3) is 5.69 Å². The largest absolute Gasteiger partial charge is 0.352 e. The standard InChI is InChI=1S/C32H23N3O5S/c1-18-16-26-32(22-11-3-4-12-23(22)33-31(32)38)27(29(36)19-8-6-9-20(17-19)35(39)40)28(30(37)25-14-7-15-41-25)34(26)24-13-5-2-10-21(18)24/h2-17,26-28H,1H3,(H,33,38)/t26-,27+,28+,32-/m1/s1. The van der Waals surface area contributed by atoms with E-state index >= 15 is 0 Å². The topological polar surface area (TPSA) is 110 Å². The summed E-state index contributed by atoms with van der Waals surface area (Å²) in [6.45, 7) is 1.97. The molecule has 0 aliphatic carbocycles. The number of nitro benzene ring substituents is 1. The van der Waals surface area contributed by atoms with Gasteiger partial charge in [-0.3, -0.25) is 24.5 Å². The minimum atomic E-state index is -1.47. The molecule has 0 bridgehead atoms. The Bertz CT molecular complexity index is 1810. The summed E-state index contributed by atoms with van der Waals surface area (Å²) in [5, 5.41) is 16.4. The Balaban J connectivity index is 1.55. The third-order valence-electron chi connectivity index (χ3n) is 8.54. The van der Waals surface area contributed by atoms with Crippen LogP contribution in [-0.2, 0) is 10.2 Å². The zero-order valence-electron chi connectivity index (χ0n) is 21.8. The molecule has 1 aromatic heterocycles. The smallest absolute Gasteiger partial charge is 0.270 e. The molecule has 9 heteroatoms. The molecule has 4 atom stereocenters. The van der Waals surface area contributed by atoms with Crippen molar-refractivity contribution in [2.75, 3.05) is 10.2 Å². The number of hydrogen-bond donors (Lipinski definition) is 1. The Morgan fingerprint density at radius 3 is 2.54 bits per heavy atom. The first-order chi connectivity index (χ1) is 19.8. The van der Waals surface area contributed by atoms with E-state index in [0.717, 1.165) is 16.8 Å². The fourth-order valence-electron chi connectivity index (χ4n) is 6.90. The van der Waals surface area contributed by atoms with Gasteiger partial charge in [0.05, 0.1) is 21.8 Å². The molecule has 41 heavy (non-hydrogen) atoms. The van der Waals surface area contributed by atoms with Crippen molar-refractivity contribution in [2.24, 2.45) is 5.92 Å². The fraction of sp³-hybridized carbons (Fsp3) is 0.156. The van der Waals surface area contributed by atoms with Gasteiger partial charge in [-0.2, -0.15) is 0 Å². The van der Waals surface area contributed by atoms with Crippen molar-refractivity contribution < 1.29 is 19.3 Å². The second kappa shape index (κ2) is 9.07. The molecule has 4 heterocycles. The van der Waals surface area contributed by atoms with E-state index in [9.17, 15) is 24.5 Å². The van der Waals surface area contributed by atoms with E-state index in [1.165, 1.54) is 35.6 Å². The normalized spacial score (nSPS) is 23.8. The number of ketones is 2. The summed E-state index contributed by atoms with van der Waals surface area (Å²) in [6.07, 6.45) is 1.99. The number of nitrogens with one attached hydrogen (secondary N) is 1. The SMILES string of the molecule is CC1=C[C@H]2N(c3ccccc31)[C@H](C(=O)c1cccs1)[C@@H](C(=O)c1cccc([N+](=O)[O-])c1)[C@]21C(=O)Nc2ccccc21. The maximum atomic E-state index is 14.8. The van der Waals surface area contributed by atoms with Crippen molar-refractivity contribution in [1.29, 1.82) is 0 Å². The number of carbonyl (C=O) groups is 3. The molecule has 7 rings (SSSR count). The van der Waals surface area contributed by atoms with Crippen LogP contribution in [0.1, 0.15) is 38.1 Å². The van der Waals surface area contributed by atoms with Crippen LogP contribution >= 0.6 is 11.3 Å². The molecule has 3 aliphatic rings. The van der Waals surface area contributed by atoms with Crippen LogP contribution in [0.4, 0.5) is 17.1 Å². The number of allylic oxidation sites excluding steroid dienone is 1. The van der Waals surface area contributed by atoms with Gasteiger partial charge in [-0.25, -0.2) is 0 Å². The molecule has 202 valence electrons. The van der Waals surface area contributed by atoms with E-state index in [1.54, 1.807) is 23.6 Å². The number of hydrogen-bond acceptors (Lipinski definition) is 7. The number of anilines is 2. The zero-order valence-corrected chi connectivity index (χ0v) is 22.6. The molecular formula is C32H23N3O5S. The van der Waals surface area contributed by atoms with Crippen molar-refractivity contribution in [3.05, 3.63) is 128 Å².